The summed E-state index contributed by atoms with van der Waals surface area (Å²) in [7, 11) is 0. The molecule has 0 aliphatic carbocycles. The van der Waals surface area contributed by atoms with Crippen molar-refractivity contribution < 1.29 is 0 Å². The third-order valence-corrected chi connectivity index (χ3v) is 4.28. The predicted molar refractivity (Wildman–Crippen MR) is 86.4 cm³/mol. The monoisotopic (exact) mass is 279 g/mol. The van der Waals surface area contributed by atoms with Crippen molar-refractivity contribution in [2.45, 2.75) is 33.1 Å². The maximum absolute atomic E-state index is 4.75. The van der Waals surface area contributed by atoms with Gasteiger partial charge in [-0.2, -0.15) is 0 Å². The number of aryl methyl sites for hydroxylation is 1. The minimum Gasteiger partial charge on any atom is -0.340 e. The van der Waals surface area contributed by atoms with Gasteiger partial charge in [0.1, 0.15) is 5.82 Å². The number of pyridine rings is 1. The molecule has 2 unspecified atom stereocenters. The molecule has 1 N–H and O–H groups in total. The van der Waals surface area contributed by atoms with E-state index in [0.717, 1.165) is 23.4 Å². The second-order valence-electron chi connectivity index (χ2n) is 5.72. The number of hydrogen-bond donors (Lipinski definition) is 1. The number of nitrogens with zero attached hydrogens (tertiary/aromatic N) is 2. The normalized spacial score (nSPS) is 14.2. The van der Waals surface area contributed by atoms with Gasteiger partial charge < -0.3 is 4.98 Å². The quantitative estimate of drug-likeness (QED) is 0.767. The molecule has 3 nitrogen and oxygen atoms in total. The Morgan fingerprint density at radius 3 is 2.57 bits per heavy atom. The molecule has 3 aromatic rings. The van der Waals surface area contributed by atoms with Gasteiger partial charge in [-0.25, -0.2) is 9.97 Å². The number of hydrogen-bond acceptors (Lipinski definition) is 2. The fourth-order valence-electron chi connectivity index (χ4n) is 2.85. The number of rotatable bonds is 4. The van der Waals surface area contributed by atoms with Crippen LogP contribution in [-0.2, 0) is 0 Å². The summed E-state index contributed by atoms with van der Waals surface area (Å²) in [5, 5.41) is 0. The van der Waals surface area contributed by atoms with E-state index in [1.165, 1.54) is 11.1 Å². The minimum atomic E-state index is 0.282. The van der Waals surface area contributed by atoms with Crippen LogP contribution in [0.25, 0.3) is 11.2 Å². The molecule has 0 amide bonds. The van der Waals surface area contributed by atoms with E-state index >= 15 is 0 Å². The van der Waals surface area contributed by atoms with Crippen molar-refractivity contribution in [3.05, 3.63) is 59.5 Å². The van der Waals surface area contributed by atoms with Crippen molar-refractivity contribution in [2.24, 2.45) is 5.92 Å². The summed E-state index contributed by atoms with van der Waals surface area (Å²) in [5.74, 6) is 1.82. The Bertz CT molecular complexity index is 731. The molecule has 0 fully saturated rings. The molecule has 21 heavy (non-hydrogen) atoms. The molecule has 2 heterocycles. The highest BCUT2D eigenvalue weighted by Gasteiger charge is 2.23. The Balaban J connectivity index is 2.12. The zero-order valence-corrected chi connectivity index (χ0v) is 12.8. The van der Waals surface area contributed by atoms with E-state index < -0.39 is 0 Å². The fraction of sp³-hybridized carbons (Fsp3) is 0.333. The summed E-state index contributed by atoms with van der Waals surface area (Å²) in [5.41, 5.74) is 4.37. The maximum Gasteiger partial charge on any atom is 0.177 e. The summed E-state index contributed by atoms with van der Waals surface area (Å²) in [6.45, 7) is 6.60. The van der Waals surface area contributed by atoms with Crippen LogP contribution < -0.4 is 0 Å². The van der Waals surface area contributed by atoms with Gasteiger partial charge in [-0.05, 0) is 30.0 Å². The second kappa shape index (κ2) is 5.68. The smallest absolute Gasteiger partial charge is 0.177 e. The molecule has 2 aromatic heterocycles. The standard InChI is InChI=1S/C18H21N3/c1-4-12(2)15(14-8-6-5-7-9-14)17-20-16-13(3)10-11-19-18(16)21-17/h5-12,15H,4H2,1-3H3,(H,19,20,21). The van der Waals surface area contributed by atoms with Crippen LogP contribution in [0.5, 0.6) is 0 Å². The Morgan fingerprint density at radius 2 is 1.90 bits per heavy atom. The second-order valence-corrected chi connectivity index (χ2v) is 5.72. The molecule has 0 aliphatic rings. The van der Waals surface area contributed by atoms with Crippen molar-refractivity contribution >= 4 is 11.2 Å². The Morgan fingerprint density at radius 1 is 1.14 bits per heavy atom. The van der Waals surface area contributed by atoms with E-state index in [-0.39, 0.29) is 5.92 Å². The first kappa shape index (κ1) is 13.8. The lowest BCUT2D eigenvalue weighted by Crippen LogP contribution is -2.12. The topological polar surface area (TPSA) is 41.6 Å². The summed E-state index contributed by atoms with van der Waals surface area (Å²) in [6.07, 6.45) is 2.94. The number of imidazole rings is 1. The number of benzene rings is 1. The van der Waals surface area contributed by atoms with Crippen LogP contribution in [0.15, 0.2) is 42.6 Å². The lowest BCUT2D eigenvalue weighted by Gasteiger charge is -2.21. The van der Waals surface area contributed by atoms with E-state index in [0.29, 0.717) is 5.92 Å². The maximum atomic E-state index is 4.75. The molecule has 108 valence electrons. The highest BCUT2D eigenvalue weighted by Crippen LogP contribution is 2.33. The number of aromatic amines is 1. The molecule has 0 aliphatic heterocycles. The van der Waals surface area contributed by atoms with Gasteiger partial charge in [0, 0.05) is 12.1 Å². The Hall–Kier alpha value is -2.16. The van der Waals surface area contributed by atoms with Crippen LogP contribution in [0.2, 0.25) is 0 Å². The first-order valence-electron chi connectivity index (χ1n) is 7.57. The molecule has 0 radical (unpaired) electrons. The predicted octanol–water partition coefficient (Wildman–Crippen LogP) is 4.44. The van der Waals surface area contributed by atoms with Crippen molar-refractivity contribution in [3.8, 4) is 0 Å². The Labute approximate surface area is 125 Å². The van der Waals surface area contributed by atoms with Crippen molar-refractivity contribution in [1.29, 1.82) is 0 Å². The number of fused-ring (bicyclic) bond motifs is 1. The first-order valence-corrected chi connectivity index (χ1v) is 7.57. The molecule has 0 bridgehead atoms. The fourth-order valence-corrected chi connectivity index (χ4v) is 2.85. The van der Waals surface area contributed by atoms with Crippen LogP contribution >= 0.6 is 0 Å². The molecular formula is C18H21N3. The van der Waals surface area contributed by atoms with Crippen LogP contribution in [0.3, 0.4) is 0 Å². The third kappa shape index (κ3) is 2.56. The van der Waals surface area contributed by atoms with Crippen LogP contribution in [0, 0.1) is 12.8 Å². The van der Waals surface area contributed by atoms with Crippen molar-refractivity contribution in [2.75, 3.05) is 0 Å². The molecule has 1 aromatic carbocycles. The SMILES string of the molecule is CCC(C)C(c1ccccc1)c1nc2nccc(C)c2[nH]1. The van der Waals surface area contributed by atoms with Gasteiger partial charge in [0.15, 0.2) is 5.65 Å². The average molecular weight is 279 g/mol. The molecule has 3 rings (SSSR count). The first-order chi connectivity index (χ1) is 10.2. The van der Waals surface area contributed by atoms with Gasteiger partial charge >= 0.3 is 0 Å². The lowest BCUT2D eigenvalue weighted by molar-refractivity contribution is 0.482. The minimum absolute atomic E-state index is 0.282. The highest BCUT2D eigenvalue weighted by atomic mass is 15.0. The highest BCUT2D eigenvalue weighted by molar-refractivity contribution is 5.74. The van der Waals surface area contributed by atoms with Crippen molar-refractivity contribution in [3.63, 3.8) is 0 Å². The molecular weight excluding hydrogens is 258 g/mol. The largest absolute Gasteiger partial charge is 0.340 e. The average Bonchev–Trinajstić information content (AvgIpc) is 2.93. The third-order valence-electron chi connectivity index (χ3n) is 4.28. The number of aromatic nitrogens is 3. The molecule has 3 heteroatoms. The van der Waals surface area contributed by atoms with Crippen LogP contribution in [-0.4, -0.2) is 15.0 Å². The van der Waals surface area contributed by atoms with Crippen LogP contribution in [0.4, 0.5) is 0 Å². The number of nitrogens with one attached hydrogen (secondary N) is 1. The van der Waals surface area contributed by atoms with E-state index in [9.17, 15) is 0 Å². The lowest BCUT2D eigenvalue weighted by atomic mass is 9.85. The zero-order valence-electron chi connectivity index (χ0n) is 12.8. The van der Waals surface area contributed by atoms with Crippen molar-refractivity contribution in [1.82, 2.24) is 15.0 Å². The summed E-state index contributed by atoms with van der Waals surface area (Å²) in [6, 6.07) is 12.6. The summed E-state index contributed by atoms with van der Waals surface area (Å²) >= 11 is 0. The summed E-state index contributed by atoms with van der Waals surface area (Å²) < 4.78 is 0. The number of H-pyrrole nitrogens is 1. The van der Waals surface area contributed by atoms with Gasteiger partial charge in [-0.3, -0.25) is 0 Å². The Kier molecular flexibility index (Phi) is 3.74. The zero-order chi connectivity index (χ0) is 14.8. The van der Waals surface area contributed by atoms with E-state index in [1.54, 1.807) is 0 Å². The van der Waals surface area contributed by atoms with Gasteiger partial charge in [0.25, 0.3) is 0 Å². The molecule has 0 saturated carbocycles. The van der Waals surface area contributed by atoms with Gasteiger partial charge in [-0.15, -0.1) is 0 Å². The van der Waals surface area contributed by atoms with Crippen LogP contribution in [0.1, 0.15) is 43.1 Å². The van der Waals surface area contributed by atoms with Gasteiger partial charge in [0.2, 0.25) is 0 Å². The molecule has 0 saturated heterocycles. The van der Waals surface area contributed by atoms with Gasteiger partial charge in [-0.1, -0.05) is 50.6 Å². The van der Waals surface area contributed by atoms with E-state index in [2.05, 4.69) is 61.1 Å². The van der Waals surface area contributed by atoms with E-state index in [1.807, 2.05) is 12.3 Å². The summed E-state index contributed by atoms with van der Waals surface area (Å²) in [4.78, 5) is 12.6. The van der Waals surface area contributed by atoms with E-state index in [4.69, 9.17) is 4.98 Å². The molecule has 0 spiro atoms. The van der Waals surface area contributed by atoms with Gasteiger partial charge in [0.05, 0.1) is 5.52 Å². The molecule has 2 atom stereocenters.